The van der Waals surface area contributed by atoms with Crippen LogP contribution in [0.15, 0.2) is 84.7 Å². The molecule has 0 saturated carbocycles. The van der Waals surface area contributed by atoms with Gasteiger partial charge in [-0.2, -0.15) is 10.1 Å². The number of aromatic nitrogens is 3. The maximum Gasteiger partial charge on any atom is 0.229 e. The monoisotopic (exact) mass is 428 g/mol. The molecule has 0 N–H and O–H groups in total. The van der Waals surface area contributed by atoms with Crippen molar-refractivity contribution in [3.05, 3.63) is 113 Å². The quantitative estimate of drug-likeness (QED) is 0.443. The highest BCUT2D eigenvalue weighted by Crippen LogP contribution is 2.52. The third-order valence-corrected chi connectivity index (χ3v) is 6.03. The Balaban J connectivity index is 1.65. The van der Waals surface area contributed by atoms with Gasteiger partial charge in [0.1, 0.15) is 35.9 Å². The van der Waals surface area contributed by atoms with Gasteiger partial charge in [-0.15, -0.1) is 0 Å². The van der Waals surface area contributed by atoms with Crippen molar-refractivity contribution in [2.24, 2.45) is 0 Å². The lowest BCUT2D eigenvalue weighted by molar-refractivity contribution is 0.222. The molecule has 5 nitrogen and oxygen atoms in total. The van der Waals surface area contributed by atoms with Crippen molar-refractivity contribution in [2.45, 2.75) is 12.1 Å². The van der Waals surface area contributed by atoms with Gasteiger partial charge in [0, 0.05) is 18.2 Å². The largest absolute Gasteiger partial charge is 0.480 e. The van der Waals surface area contributed by atoms with Gasteiger partial charge in [0.05, 0.1) is 5.70 Å². The Morgan fingerprint density at radius 3 is 2.22 bits per heavy atom. The number of ether oxygens (including phenoxy) is 1. The summed E-state index contributed by atoms with van der Waals surface area (Å²) in [6, 6.07) is 20.2. The van der Waals surface area contributed by atoms with E-state index in [9.17, 15) is 8.78 Å². The Kier molecular flexibility index (Phi) is 4.11. The van der Waals surface area contributed by atoms with Crippen LogP contribution >= 0.6 is 0 Å². The van der Waals surface area contributed by atoms with Crippen LogP contribution in [0.5, 0.6) is 5.75 Å². The molecule has 3 heterocycles. The molecule has 0 bridgehead atoms. The Hall–Kier alpha value is -4.00. The second-order valence-electron chi connectivity index (χ2n) is 7.87. The Morgan fingerprint density at radius 2 is 1.50 bits per heavy atom. The molecule has 158 valence electrons. The molecule has 0 fully saturated rings. The van der Waals surface area contributed by atoms with Gasteiger partial charge in [-0.3, -0.25) is 0 Å². The molecular weight excluding hydrogens is 410 g/mol. The van der Waals surface area contributed by atoms with Crippen LogP contribution in [0.2, 0.25) is 0 Å². The standard InChI is InChI=1S/C25H18F2N4O/c1-30-23-19-4-2-3-5-20(19)32-24(16-8-12-18(27)13-9-16)21(23)22(31-25(30)28-14-29-31)15-6-10-17(26)11-7-15/h2-14,22,24H,1H3/t22-,24+/m0/s1. The number of hydrogen-bond donors (Lipinski definition) is 0. The van der Waals surface area contributed by atoms with Crippen molar-refractivity contribution in [3.8, 4) is 5.75 Å². The summed E-state index contributed by atoms with van der Waals surface area (Å²) in [6.07, 6.45) is 1.02. The molecule has 6 rings (SSSR count). The molecule has 0 unspecified atom stereocenters. The first-order chi connectivity index (χ1) is 15.6. The van der Waals surface area contributed by atoms with E-state index in [-0.39, 0.29) is 17.7 Å². The van der Waals surface area contributed by atoms with Crippen molar-refractivity contribution in [3.63, 3.8) is 0 Å². The van der Waals surface area contributed by atoms with E-state index in [1.807, 2.05) is 40.9 Å². The molecule has 7 heteroatoms. The van der Waals surface area contributed by atoms with Gasteiger partial charge in [0.25, 0.3) is 0 Å². The summed E-state index contributed by atoms with van der Waals surface area (Å²) in [7, 11) is 1.94. The SMILES string of the molecule is CN1C2=C([C@H](c3ccc(F)cc3)n3ncnc31)[C@@H](c1ccc(F)cc1)Oc1ccccc12. The number of halogens is 2. The average Bonchev–Trinajstić information content (AvgIpc) is 3.30. The molecule has 2 aliphatic rings. The molecule has 2 atom stereocenters. The highest BCUT2D eigenvalue weighted by molar-refractivity contribution is 5.86. The van der Waals surface area contributed by atoms with E-state index in [0.29, 0.717) is 5.95 Å². The summed E-state index contributed by atoms with van der Waals surface area (Å²) < 4.78 is 35.8. The molecular formula is C25H18F2N4O. The third kappa shape index (κ3) is 2.74. The molecule has 0 radical (unpaired) electrons. The molecule has 0 spiro atoms. The van der Waals surface area contributed by atoms with Gasteiger partial charge in [-0.05, 0) is 47.5 Å². The zero-order valence-electron chi connectivity index (χ0n) is 17.1. The predicted molar refractivity (Wildman–Crippen MR) is 116 cm³/mol. The molecule has 0 amide bonds. The summed E-state index contributed by atoms with van der Waals surface area (Å²) in [5, 5.41) is 4.50. The molecule has 4 aromatic rings. The van der Waals surface area contributed by atoms with E-state index in [2.05, 4.69) is 10.1 Å². The Morgan fingerprint density at radius 1 is 0.844 bits per heavy atom. The second-order valence-corrected chi connectivity index (χ2v) is 7.87. The Labute approximate surface area is 183 Å². The van der Waals surface area contributed by atoms with Crippen molar-refractivity contribution in [1.29, 1.82) is 0 Å². The van der Waals surface area contributed by atoms with Crippen LogP contribution in [0.4, 0.5) is 14.7 Å². The first kappa shape index (κ1) is 18.7. The van der Waals surface area contributed by atoms with Crippen molar-refractivity contribution >= 4 is 11.6 Å². The van der Waals surface area contributed by atoms with Gasteiger partial charge in [-0.1, -0.05) is 36.4 Å². The number of benzene rings is 3. The summed E-state index contributed by atoms with van der Waals surface area (Å²) in [4.78, 5) is 6.48. The molecule has 3 aromatic carbocycles. The van der Waals surface area contributed by atoms with E-state index in [4.69, 9.17) is 4.74 Å². The van der Waals surface area contributed by atoms with Gasteiger partial charge < -0.3 is 9.64 Å². The molecule has 32 heavy (non-hydrogen) atoms. The first-order valence-corrected chi connectivity index (χ1v) is 10.3. The predicted octanol–water partition coefficient (Wildman–Crippen LogP) is 5.14. The zero-order chi connectivity index (χ0) is 21.8. The summed E-state index contributed by atoms with van der Waals surface area (Å²) in [5.74, 6) is 0.787. The van der Waals surface area contributed by atoms with Crippen molar-refractivity contribution in [2.75, 3.05) is 11.9 Å². The van der Waals surface area contributed by atoms with Crippen LogP contribution in [-0.2, 0) is 0 Å². The smallest absolute Gasteiger partial charge is 0.229 e. The summed E-state index contributed by atoms with van der Waals surface area (Å²) in [5.41, 5.74) is 4.49. The molecule has 1 aromatic heterocycles. The number of rotatable bonds is 2. The summed E-state index contributed by atoms with van der Waals surface area (Å²) in [6.45, 7) is 0. The fourth-order valence-electron chi connectivity index (χ4n) is 4.63. The third-order valence-electron chi connectivity index (χ3n) is 6.03. The highest BCUT2D eigenvalue weighted by atomic mass is 19.1. The average molecular weight is 428 g/mol. The number of para-hydroxylation sites is 1. The van der Waals surface area contributed by atoms with Crippen LogP contribution in [0.1, 0.15) is 28.8 Å². The maximum absolute atomic E-state index is 13.7. The number of hydrogen-bond acceptors (Lipinski definition) is 4. The molecule has 0 saturated heterocycles. The van der Waals surface area contributed by atoms with Gasteiger partial charge in [0.2, 0.25) is 5.95 Å². The van der Waals surface area contributed by atoms with Crippen LogP contribution in [0, 0.1) is 11.6 Å². The van der Waals surface area contributed by atoms with Crippen LogP contribution in [0.25, 0.3) is 5.70 Å². The van der Waals surface area contributed by atoms with Gasteiger partial charge in [0.15, 0.2) is 0 Å². The zero-order valence-corrected chi connectivity index (χ0v) is 17.1. The lowest BCUT2D eigenvalue weighted by Gasteiger charge is -2.42. The van der Waals surface area contributed by atoms with Crippen LogP contribution in [0.3, 0.4) is 0 Å². The minimum Gasteiger partial charge on any atom is -0.480 e. The molecule has 0 aliphatic carbocycles. The van der Waals surface area contributed by atoms with Crippen LogP contribution in [-0.4, -0.2) is 21.8 Å². The summed E-state index contributed by atoms with van der Waals surface area (Å²) >= 11 is 0. The first-order valence-electron chi connectivity index (χ1n) is 10.3. The highest BCUT2D eigenvalue weighted by Gasteiger charge is 2.42. The minimum absolute atomic E-state index is 0.310. The van der Waals surface area contributed by atoms with Gasteiger partial charge in [-0.25, -0.2) is 13.5 Å². The Bertz CT molecular complexity index is 1350. The lowest BCUT2D eigenvalue weighted by atomic mass is 9.84. The topological polar surface area (TPSA) is 43.2 Å². The number of fused-ring (bicyclic) bond motifs is 3. The fraction of sp³-hybridized carbons (Fsp3) is 0.120. The van der Waals surface area contributed by atoms with Gasteiger partial charge >= 0.3 is 0 Å². The van der Waals surface area contributed by atoms with Crippen molar-refractivity contribution < 1.29 is 13.5 Å². The maximum atomic E-state index is 13.7. The van der Waals surface area contributed by atoms with E-state index in [0.717, 1.165) is 33.7 Å². The van der Waals surface area contributed by atoms with Crippen LogP contribution < -0.4 is 9.64 Å². The lowest BCUT2D eigenvalue weighted by Crippen LogP contribution is -2.37. The molecule has 2 aliphatic heterocycles. The normalized spacial score (nSPS) is 19.2. The van der Waals surface area contributed by atoms with E-state index >= 15 is 0 Å². The fourth-order valence-corrected chi connectivity index (χ4v) is 4.63. The number of nitrogens with zero attached hydrogens (tertiary/aromatic N) is 4. The second kappa shape index (κ2) is 7.02. The van der Waals surface area contributed by atoms with E-state index in [1.165, 1.54) is 30.6 Å². The van der Waals surface area contributed by atoms with E-state index < -0.39 is 6.10 Å². The van der Waals surface area contributed by atoms with E-state index in [1.54, 1.807) is 24.3 Å². The minimum atomic E-state index is -0.490. The van der Waals surface area contributed by atoms with Crippen molar-refractivity contribution in [1.82, 2.24) is 14.8 Å². The number of anilines is 1.